The van der Waals surface area contributed by atoms with Crippen LogP contribution in [0.25, 0.3) is 0 Å². The molecule has 150 valence electrons. The fourth-order valence-electron chi connectivity index (χ4n) is 2.86. The summed E-state index contributed by atoms with van der Waals surface area (Å²) >= 11 is 0. The predicted molar refractivity (Wildman–Crippen MR) is 116 cm³/mol. The number of nitrogens with one attached hydrogen (secondary N) is 2. The topological polar surface area (TPSA) is 70.0 Å². The van der Waals surface area contributed by atoms with Crippen LogP contribution in [0.3, 0.4) is 0 Å². The third-order valence-electron chi connectivity index (χ3n) is 4.32. The van der Waals surface area contributed by atoms with Gasteiger partial charge in [-0.25, -0.2) is 0 Å². The van der Waals surface area contributed by atoms with Crippen molar-refractivity contribution >= 4 is 29.9 Å². The number of nitrogens with zero attached hydrogens (tertiary/aromatic N) is 5. The first kappa shape index (κ1) is 23.1. The van der Waals surface area contributed by atoms with Crippen molar-refractivity contribution in [2.75, 3.05) is 66.6 Å². The first-order valence-corrected chi connectivity index (χ1v) is 9.07. The summed E-state index contributed by atoms with van der Waals surface area (Å²) in [5, 5.41) is 11.0. The van der Waals surface area contributed by atoms with Crippen molar-refractivity contribution < 1.29 is 4.74 Å². The number of likely N-dealkylation sites (N-methyl/N-ethyl adjacent to an activating group) is 1. The van der Waals surface area contributed by atoms with E-state index >= 15 is 0 Å². The number of morpholine rings is 1. The van der Waals surface area contributed by atoms with E-state index < -0.39 is 0 Å². The predicted octanol–water partition coefficient (Wildman–Crippen LogP) is 0.528. The zero-order chi connectivity index (χ0) is 18.1. The fourth-order valence-corrected chi connectivity index (χ4v) is 2.86. The summed E-state index contributed by atoms with van der Waals surface area (Å²) < 4.78 is 7.22. The van der Waals surface area contributed by atoms with Crippen LogP contribution in [-0.4, -0.2) is 92.1 Å². The van der Waals surface area contributed by atoms with E-state index in [0.717, 1.165) is 51.9 Å². The smallest absolute Gasteiger partial charge is 0.191 e. The molecule has 0 aromatic carbocycles. The summed E-state index contributed by atoms with van der Waals surface area (Å²) in [4.78, 5) is 9.37. The Balaban J connectivity index is 0.00000338. The van der Waals surface area contributed by atoms with Gasteiger partial charge < -0.3 is 20.3 Å². The van der Waals surface area contributed by atoms with Crippen LogP contribution < -0.4 is 10.6 Å². The lowest BCUT2D eigenvalue weighted by Crippen LogP contribution is -2.44. The van der Waals surface area contributed by atoms with Crippen LogP contribution in [0.1, 0.15) is 18.5 Å². The molecule has 1 unspecified atom stereocenters. The number of aryl methyl sites for hydroxylation is 1. The summed E-state index contributed by atoms with van der Waals surface area (Å²) in [6.45, 7) is 9.21. The van der Waals surface area contributed by atoms with Crippen molar-refractivity contribution in [3.63, 3.8) is 0 Å². The Hall–Kier alpha value is -0.910. The standard InChI is InChI=1S/C17H33N7O.HI/c1-5-18-17(19-6-7-24-8-10-25-11-9-24)20-13-16(22(2)3)15-12-21-23(4)14-15;/h12,14,16H,5-11,13H2,1-4H3,(H2,18,19,20);1H. The van der Waals surface area contributed by atoms with Gasteiger partial charge in [-0.2, -0.15) is 5.10 Å². The minimum atomic E-state index is 0. The van der Waals surface area contributed by atoms with E-state index in [1.165, 1.54) is 5.56 Å². The molecule has 8 nitrogen and oxygen atoms in total. The summed E-state index contributed by atoms with van der Waals surface area (Å²) in [5.41, 5.74) is 1.18. The number of aromatic nitrogens is 2. The van der Waals surface area contributed by atoms with Crippen LogP contribution >= 0.6 is 24.0 Å². The van der Waals surface area contributed by atoms with Crippen molar-refractivity contribution in [3.8, 4) is 0 Å². The average molecular weight is 479 g/mol. The molecule has 2 heterocycles. The number of hydrogen-bond acceptors (Lipinski definition) is 5. The molecule has 1 aliphatic rings. The monoisotopic (exact) mass is 479 g/mol. The molecule has 1 aliphatic heterocycles. The zero-order valence-electron chi connectivity index (χ0n) is 16.4. The van der Waals surface area contributed by atoms with Gasteiger partial charge in [-0.1, -0.05) is 0 Å². The first-order valence-electron chi connectivity index (χ1n) is 9.07. The van der Waals surface area contributed by atoms with Crippen molar-refractivity contribution in [1.29, 1.82) is 0 Å². The maximum Gasteiger partial charge on any atom is 0.191 e. The van der Waals surface area contributed by atoms with Crippen LogP contribution in [0, 0.1) is 0 Å². The maximum atomic E-state index is 5.39. The second-order valence-electron chi connectivity index (χ2n) is 6.53. The van der Waals surface area contributed by atoms with Crippen LogP contribution in [0.5, 0.6) is 0 Å². The lowest BCUT2D eigenvalue weighted by atomic mass is 10.1. The molecule has 1 fully saturated rings. The first-order chi connectivity index (χ1) is 12.1. The minimum absolute atomic E-state index is 0. The number of halogens is 1. The van der Waals surface area contributed by atoms with Gasteiger partial charge in [0, 0.05) is 51.5 Å². The van der Waals surface area contributed by atoms with Crippen molar-refractivity contribution in [2.24, 2.45) is 12.0 Å². The Bertz CT molecular complexity index is 529. The van der Waals surface area contributed by atoms with Crippen molar-refractivity contribution in [3.05, 3.63) is 18.0 Å². The molecule has 9 heteroatoms. The van der Waals surface area contributed by atoms with E-state index in [-0.39, 0.29) is 30.0 Å². The quantitative estimate of drug-likeness (QED) is 0.322. The fraction of sp³-hybridized carbons (Fsp3) is 0.765. The minimum Gasteiger partial charge on any atom is -0.379 e. The van der Waals surface area contributed by atoms with Gasteiger partial charge in [-0.15, -0.1) is 24.0 Å². The molecule has 0 saturated carbocycles. The molecule has 2 rings (SSSR count). The molecule has 1 atom stereocenters. The van der Waals surface area contributed by atoms with Gasteiger partial charge in [0.1, 0.15) is 0 Å². The molecule has 0 spiro atoms. The molecule has 0 aliphatic carbocycles. The lowest BCUT2D eigenvalue weighted by molar-refractivity contribution is 0.0389. The van der Waals surface area contributed by atoms with E-state index in [0.29, 0.717) is 6.54 Å². The molecular weight excluding hydrogens is 445 g/mol. The van der Waals surface area contributed by atoms with Gasteiger partial charge in [-0.3, -0.25) is 14.6 Å². The van der Waals surface area contributed by atoms with Crippen LogP contribution in [0.15, 0.2) is 17.4 Å². The van der Waals surface area contributed by atoms with E-state index in [1.807, 2.05) is 17.9 Å². The van der Waals surface area contributed by atoms with Crippen LogP contribution in [0.2, 0.25) is 0 Å². The van der Waals surface area contributed by atoms with Crippen molar-refractivity contribution in [2.45, 2.75) is 13.0 Å². The van der Waals surface area contributed by atoms with E-state index in [2.05, 4.69) is 52.7 Å². The van der Waals surface area contributed by atoms with Crippen molar-refractivity contribution in [1.82, 2.24) is 30.2 Å². The highest BCUT2D eigenvalue weighted by molar-refractivity contribution is 14.0. The highest BCUT2D eigenvalue weighted by Crippen LogP contribution is 2.17. The summed E-state index contributed by atoms with van der Waals surface area (Å²) in [6.07, 6.45) is 3.97. The van der Waals surface area contributed by atoms with Crippen LogP contribution in [-0.2, 0) is 11.8 Å². The average Bonchev–Trinajstić information content (AvgIpc) is 3.02. The number of hydrogen-bond donors (Lipinski definition) is 2. The van der Waals surface area contributed by atoms with E-state index in [4.69, 9.17) is 9.73 Å². The highest BCUT2D eigenvalue weighted by atomic mass is 127. The summed E-state index contributed by atoms with van der Waals surface area (Å²) in [7, 11) is 6.09. The van der Waals surface area contributed by atoms with Gasteiger partial charge in [0.05, 0.1) is 32.0 Å². The molecule has 0 amide bonds. The highest BCUT2D eigenvalue weighted by Gasteiger charge is 2.16. The molecule has 26 heavy (non-hydrogen) atoms. The molecule has 1 aromatic heterocycles. The molecule has 0 radical (unpaired) electrons. The van der Waals surface area contributed by atoms with Gasteiger partial charge in [0.25, 0.3) is 0 Å². The number of ether oxygens (including phenoxy) is 1. The summed E-state index contributed by atoms with van der Waals surface area (Å²) in [5.74, 6) is 0.867. The SMILES string of the molecule is CCNC(=NCC(c1cnn(C)c1)N(C)C)NCCN1CCOCC1.I. The van der Waals surface area contributed by atoms with E-state index in [1.54, 1.807) is 0 Å². The molecule has 1 saturated heterocycles. The Labute approximate surface area is 174 Å². The Morgan fingerprint density at radius 2 is 2.08 bits per heavy atom. The Morgan fingerprint density at radius 3 is 2.65 bits per heavy atom. The third-order valence-corrected chi connectivity index (χ3v) is 4.32. The second-order valence-corrected chi connectivity index (χ2v) is 6.53. The third kappa shape index (κ3) is 7.77. The van der Waals surface area contributed by atoms with Gasteiger partial charge in [-0.05, 0) is 21.0 Å². The Kier molecular flexibility index (Phi) is 11.1. The van der Waals surface area contributed by atoms with Gasteiger partial charge in [0.15, 0.2) is 5.96 Å². The molecule has 2 N–H and O–H groups in total. The zero-order valence-corrected chi connectivity index (χ0v) is 18.8. The molecular formula is C17H34IN7O. The number of aliphatic imine (C=N–C) groups is 1. The number of rotatable bonds is 8. The molecule has 0 bridgehead atoms. The second kappa shape index (κ2) is 12.5. The lowest BCUT2D eigenvalue weighted by Gasteiger charge is -2.27. The normalized spacial score (nSPS) is 17.0. The summed E-state index contributed by atoms with van der Waals surface area (Å²) in [6, 6.07) is 0.211. The van der Waals surface area contributed by atoms with Gasteiger partial charge in [0.2, 0.25) is 0 Å². The largest absolute Gasteiger partial charge is 0.379 e. The molecule has 1 aromatic rings. The van der Waals surface area contributed by atoms with Gasteiger partial charge >= 0.3 is 0 Å². The maximum absolute atomic E-state index is 5.39. The number of guanidine groups is 1. The Morgan fingerprint density at radius 1 is 1.35 bits per heavy atom. The van der Waals surface area contributed by atoms with Crippen LogP contribution in [0.4, 0.5) is 0 Å². The van der Waals surface area contributed by atoms with E-state index in [9.17, 15) is 0 Å².